The van der Waals surface area contributed by atoms with Gasteiger partial charge in [0.15, 0.2) is 19.7 Å². The SMILES string of the molecule is CSC1CCC(C(=O)C2CC(C(=O)C3CCC(SC4CCC(S(=O)(=O)C5CCC(C)CC5)CC4S(=O)(=O)O)CC3)CC(C(=O)C3CCC(SC4CCC(S(=O)(=O)C5CCCC(S(=O)(=O)O)C5)CC4)C(S(=O)(=O)O)C3)C2)CC1S(=O)(=O)O. The average Bonchev–Trinajstić information content (AvgIpc) is 3.41. The summed E-state index contributed by atoms with van der Waals surface area (Å²) in [5, 5.41) is -9.70. The molecule has 0 aromatic rings. The molecule has 14 atom stereocenters. The van der Waals surface area contributed by atoms with Gasteiger partial charge < -0.3 is 0 Å². The van der Waals surface area contributed by atoms with E-state index in [1.807, 2.05) is 0 Å². The lowest BCUT2D eigenvalue weighted by molar-refractivity contribution is -0.138. The Hall–Kier alpha value is -0.400. The summed E-state index contributed by atoms with van der Waals surface area (Å²) in [5.41, 5.74) is 0. The van der Waals surface area contributed by atoms with Gasteiger partial charge in [-0.25, -0.2) is 16.8 Å². The molecule has 8 aliphatic rings. The largest absolute Gasteiger partial charge is 0.299 e. The van der Waals surface area contributed by atoms with Crippen molar-refractivity contribution < 1.29 is 83.1 Å². The van der Waals surface area contributed by atoms with Crippen molar-refractivity contribution in [3.8, 4) is 0 Å². The lowest BCUT2D eigenvalue weighted by Crippen LogP contribution is -2.46. The highest BCUT2D eigenvalue weighted by Crippen LogP contribution is 2.49. The summed E-state index contributed by atoms with van der Waals surface area (Å²) < 4.78 is 197. The van der Waals surface area contributed by atoms with E-state index in [-0.39, 0.29) is 105 Å². The van der Waals surface area contributed by atoms with Crippen LogP contribution >= 0.6 is 35.3 Å². The minimum atomic E-state index is -4.72. The van der Waals surface area contributed by atoms with E-state index < -0.39 is 153 Å². The molecule has 0 aromatic carbocycles. The van der Waals surface area contributed by atoms with Gasteiger partial charge in [-0.2, -0.15) is 69.0 Å². The van der Waals surface area contributed by atoms with Crippen LogP contribution in [0.4, 0.5) is 0 Å². The number of hydrogen-bond donors (Lipinski definition) is 4. The average molecular weight is 1320 g/mol. The van der Waals surface area contributed by atoms with Crippen molar-refractivity contribution in [2.45, 2.75) is 255 Å². The highest BCUT2D eigenvalue weighted by molar-refractivity contribution is 8.02. The predicted octanol–water partition coefficient (Wildman–Crippen LogP) is 8.06. The summed E-state index contributed by atoms with van der Waals surface area (Å²) in [7, 11) is -25.6. The first-order valence-electron chi connectivity index (χ1n) is 29.5. The molecule has 0 aliphatic heterocycles. The Morgan fingerprint density at radius 1 is 0.333 bits per heavy atom. The Labute approximate surface area is 494 Å². The number of Topliss-reactive ketones (excluding diaryl/α,β-unsaturated/α-hetero) is 3. The van der Waals surface area contributed by atoms with Crippen molar-refractivity contribution in [2.75, 3.05) is 6.26 Å². The van der Waals surface area contributed by atoms with Gasteiger partial charge in [-0.1, -0.05) is 13.3 Å². The van der Waals surface area contributed by atoms with E-state index >= 15 is 0 Å². The molecule has 8 rings (SSSR count). The van der Waals surface area contributed by atoms with Crippen LogP contribution in [0, 0.1) is 41.4 Å². The summed E-state index contributed by atoms with van der Waals surface area (Å²) in [6, 6.07) is 0. The van der Waals surface area contributed by atoms with E-state index in [1.54, 1.807) is 6.26 Å². The molecule has 4 N–H and O–H groups in total. The maximum absolute atomic E-state index is 14.9. The fourth-order valence-corrected chi connectivity index (χ4v) is 30.9. The Bertz CT molecular complexity index is 2950. The van der Waals surface area contributed by atoms with Gasteiger partial charge in [0.05, 0.1) is 42.0 Å². The normalized spacial score (nSPS) is 40.2. The van der Waals surface area contributed by atoms with Crippen LogP contribution in [-0.4, -0.2) is 161 Å². The molecule has 466 valence electrons. The number of ketones is 3. The standard InChI is InChI=1S/C53H86O19S9/c1-31-6-16-40(17-7-31)77(59,60)43-20-23-47(50(30-43)81(70,71)72)74-38-12-8-32(9-13-38)51(54)35-24-36(52(55)33-10-21-45(73-2)48(27-33)79(64,65)66)26-37(25-35)53(56)34-11-22-46(49(28-34)80(67,68)69)75-39-14-18-41(19-15-39)76(57,58)42-4-3-5-44(29-42)78(61,62)63/h31-50H,3-30H2,1-2H3,(H,61,62,63)(H,64,65,66)(H,67,68,69)(H,70,71,72). The van der Waals surface area contributed by atoms with Gasteiger partial charge in [0.2, 0.25) is 0 Å². The lowest BCUT2D eigenvalue weighted by Gasteiger charge is -2.41. The summed E-state index contributed by atoms with van der Waals surface area (Å²) >= 11 is 4.10. The number of hydrogen-bond acceptors (Lipinski definition) is 18. The Morgan fingerprint density at radius 3 is 1.12 bits per heavy atom. The van der Waals surface area contributed by atoms with Crippen molar-refractivity contribution in [1.29, 1.82) is 0 Å². The summed E-state index contributed by atoms with van der Waals surface area (Å²) in [6.07, 6.45) is 10.1. The molecule has 14 unspecified atom stereocenters. The smallest absolute Gasteiger partial charge is 0.268 e. The molecule has 0 aromatic heterocycles. The molecule has 19 nitrogen and oxygen atoms in total. The van der Waals surface area contributed by atoms with Crippen LogP contribution < -0.4 is 0 Å². The first kappa shape index (κ1) is 66.6. The highest BCUT2D eigenvalue weighted by atomic mass is 32.2. The highest BCUT2D eigenvalue weighted by Gasteiger charge is 2.51. The van der Waals surface area contributed by atoms with Crippen LogP contribution in [-0.2, 0) is 74.5 Å². The third-order valence-corrected chi connectivity index (χ3v) is 36.4. The van der Waals surface area contributed by atoms with Gasteiger partial charge in [0.1, 0.15) is 17.3 Å². The molecule has 8 saturated carbocycles. The first-order chi connectivity index (χ1) is 37.7. The van der Waals surface area contributed by atoms with Gasteiger partial charge in [-0.05, 0) is 186 Å². The zero-order valence-electron chi connectivity index (χ0n) is 46.4. The van der Waals surface area contributed by atoms with Gasteiger partial charge in [-0.15, -0.1) is 0 Å². The second kappa shape index (κ2) is 26.7. The van der Waals surface area contributed by atoms with Crippen LogP contribution in [0.15, 0.2) is 0 Å². The second-order valence-electron chi connectivity index (χ2n) is 25.6. The predicted molar refractivity (Wildman–Crippen MR) is 316 cm³/mol. The van der Waals surface area contributed by atoms with E-state index in [9.17, 15) is 83.1 Å². The van der Waals surface area contributed by atoms with Crippen molar-refractivity contribution in [3.63, 3.8) is 0 Å². The fraction of sp³-hybridized carbons (Fsp3) is 0.943. The third kappa shape index (κ3) is 16.1. The van der Waals surface area contributed by atoms with E-state index in [1.165, 1.54) is 35.3 Å². The Kier molecular flexibility index (Phi) is 22.0. The molecule has 0 radical (unpaired) electrons. The van der Waals surface area contributed by atoms with Crippen LogP contribution in [0.3, 0.4) is 0 Å². The van der Waals surface area contributed by atoms with Gasteiger partial charge in [0.25, 0.3) is 40.5 Å². The van der Waals surface area contributed by atoms with E-state index in [0.29, 0.717) is 95.8 Å². The molecular formula is C53H86O19S9. The number of thioether (sulfide) groups is 3. The minimum absolute atomic E-state index is 0.0663. The minimum Gasteiger partial charge on any atom is -0.299 e. The van der Waals surface area contributed by atoms with E-state index in [4.69, 9.17) is 0 Å². The summed E-state index contributed by atoms with van der Waals surface area (Å²) in [5.74, 6) is -4.70. The van der Waals surface area contributed by atoms with Crippen molar-refractivity contribution in [1.82, 2.24) is 0 Å². The summed E-state index contributed by atoms with van der Waals surface area (Å²) in [6.45, 7) is 2.09. The van der Waals surface area contributed by atoms with E-state index in [0.717, 1.165) is 12.8 Å². The maximum atomic E-state index is 14.9. The van der Waals surface area contributed by atoms with Crippen LogP contribution in [0.5, 0.6) is 0 Å². The molecule has 0 saturated heterocycles. The van der Waals surface area contributed by atoms with Crippen LogP contribution in [0.25, 0.3) is 0 Å². The lowest BCUT2D eigenvalue weighted by atomic mass is 9.64. The molecular weight excluding hydrogens is 1230 g/mol. The quantitative estimate of drug-likeness (QED) is 0.0888. The van der Waals surface area contributed by atoms with Crippen LogP contribution in [0.1, 0.15) is 187 Å². The number of rotatable bonds is 19. The molecule has 0 amide bonds. The molecule has 81 heavy (non-hydrogen) atoms. The van der Waals surface area contributed by atoms with Crippen molar-refractivity contribution in [3.05, 3.63) is 0 Å². The zero-order valence-corrected chi connectivity index (χ0v) is 53.8. The van der Waals surface area contributed by atoms with Crippen molar-refractivity contribution in [2.24, 2.45) is 41.4 Å². The molecule has 0 spiro atoms. The molecule has 8 aliphatic carbocycles. The number of sulfone groups is 2. The zero-order chi connectivity index (χ0) is 59.2. The Balaban J connectivity index is 0.918. The van der Waals surface area contributed by atoms with Crippen LogP contribution in [0.2, 0.25) is 0 Å². The van der Waals surface area contributed by atoms with Gasteiger partial charge in [-0.3, -0.25) is 32.6 Å². The molecule has 0 heterocycles. The molecule has 28 heteroatoms. The molecule has 8 fully saturated rings. The van der Waals surface area contributed by atoms with Gasteiger partial charge >= 0.3 is 0 Å². The monoisotopic (exact) mass is 1310 g/mol. The topological polar surface area (TPSA) is 337 Å². The van der Waals surface area contributed by atoms with E-state index in [2.05, 4.69) is 6.92 Å². The van der Waals surface area contributed by atoms with Crippen molar-refractivity contribution >= 4 is 113 Å². The molecule has 0 bridgehead atoms. The second-order valence-corrected chi connectivity index (χ2v) is 41.4. The Morgan fingerprint density at radius 2 is 0.679 bits per heavy atom. The third-order valence-electron chi connectivity index (χ3n) is 20.6. The van der Waals surface area contributed by atoms with Gasteiger partial charge in [0, 0.05) is 61.8 Å². The summed E-state index contributed by atoms with van der Waals surface area (Å²) in [4.78, 5) is 44.3. The number of carbonyl (C=O) groups excluding carboxylic acids is 3. The number of carbonyl (C=O) groups is 3. The first-order valence-corrected chi connectivity index (χ1v) is 41.9. The fourth-order valence-electron chi connectivity index (χ4n) is 15.9. The maximum Gasteiger partial charge on any atom is 0.268 e.